The van der Waals surface area contributed by atoms with Gasteiger partial charge in [0.2, 0.25) is 5.91 Å². The van der Waals surface area contributed by atoms with Crippen molar-refractivity contribution in [3.8, 4) is 0 Å². The number of amides is 1. The van der Waals surface area contributed by atoms with Crippen LogP contribution in [0.15, 0.2) is 18.2 Å². The van der Waals surface area contributed by atoms with Crippen LogP contribution in [-0.4, -0.2) is 11.0 Å². The summed E-state index contributed by atoms with van der Waals surface area (Å²) in [5, 5.41) is 9.58. The molecule has 3 nitrogen and oxygen atoms in total. The highest BCUT2D eigenvalue weighted by Gasteiger charge is 2.29. The Morgan fingerprint density at radius 1 is 1.50 bits per heavy atom. The van der Waals surface area contributed by atoms with Crippen LogP contribution in [-0.2, 0) is 4.79 Å². The third-order valence-corrected chi connectivity index (χ3v) is 2.50. The van der Waals surface area contributed by atoms with Crippen LogP contribution in [0, 0.1) is 11.6 Å². The molecule has 1 aliphatic carbocycles. The lowest BCUT2D eigenvalue weighted by Gasteiger charge is -2.04. The largest absolute Gasteiger partial charge is 0.388 e. The fourth-order valence-electron chi connectivity index (χ4n) is 1.92. The Hall–Kier alpha value is -1.75. The molecule has 0 spiro atoms. The fourth-order valence-corrected chi connectivity index (χ4v) is 1.92. The van der Waals surface area contributed by atoms with Gasteiger partial charge in [-0.1, -0.05) is 0 Å². The molecule has 1 amide bonds. The molecular formula is C11H9F2NO2. The van der Waals surface area contributed by atoms with Crippen LogP contribution in [0.25, 0.3) is 5.57 Å². The minimum Gasteiger partial charge on any atom is -0.388 e. The molecule has 1 atom stereocenters. The molecule has 1 aliphatic rings. The lowest BCUT2D eigenvalue weighted by Crippen LogP contribution is -2.06. The second-order valence-electron chi connectivity index (χ2n) is 3.64. The molecule has 0 radical (unpaired) electrons. The smallest absolute Gasteiger partial charge is 0.241 e. The number of rotatable bonds is 1. The molecule has 0 heterocycles. The van der Waals surface area contributed by atoms with Crippen molar-refractivity contribution in [2.75, 3.05) is 0 Å². The Morgan fingerprint density at radius 2 is 2.19 bits per heavy atom. The zero-order valence-corrected chi connectivity index (χ0v) is 8.21. The summed E-state index contributed by atoms with van der Waals surface area (Å²) < 4.78 is 26.4. The van der Waals surface area contributed by atoms with Crippen LogP contribution in [0.5, 0.6) is 0 Å². The van der Waals surface area contributed by atoms with E-state index in [9.17, 15) is 18.7 Å². The Labute approximate surface area is 90.2 Å². The monoisotopic (exact) mass is 225 g/mol. The van der Waals surface area contributed by atoms with Gasteiger partial charge in [0, 0.05) is 24.1 Å². The highest BCUT2D eigenvalue weighted by Crippen LogP contribution is 2.41. The van der Waals surface area contributed by atoms with Crippen molar-refractivity contribution in [2.45, 2.75) is 12.5 Å². The molecule has 0 saturated carbocycles. The highest BCUT2D eigenvalue weighted by molar-refractivity contribution is 5.95. The van der Waals surface area contributed by atoms with E-state index in [1.165, 1.54) is 0 Å². The predicted octanol–water partition coefficient (Wildman–Crippen LogP) is 1.27. The summed E-state index contributed by atoms with van der Waals surface area (Å²) in [5.74, 6) is -2.27. The number of carbonyl (C=O) groups is 1. The van der Waals surface area contributed by atoms with Gasteiger partial charge in [0.1, 0.15) is 11.6 Å². The molecule has 0 unspecified atom stereocenters. The maximum atomic E-state index is 13.4. The maximum Gasteiger partial charge on any atom is 0.241 e. The average molecular weight is 225 g/mol. The molecule has 2 rings (SSSR count). The van der Waals surface area contributed by atoms with Crippen molar-refractivity contribution in [1.29, 1.82) is 0 Å². The van der Waals surface area contributed by atoms with Crippen molar-refractivity contribution in [2.24, 2.45) is 5.73 Å². The molecule has 1 aromatic carbocycles. The van der Waals surface area contributed by atoms with Gasteiger partial charge in [-0.3, -0.25) is 4.79 Å². The SMILES string of the molecule is NC(=O)/C=C1\C[C@@H](O)c2c(F)cc(F)cc21. The third kappa shape index (κ3) is 1.69. The number of benzene rings is 1. The topological polar surface area (TPSA) is 63.3 Å². The molecular weight excluding hydrogens is 216 g/mol. The van der Waals surface area contributed by atoms with Gasteiger partial charge < -0.3 is 10.8 Å². The van der Waals surface area contributed by atoms with E-state index in [4.69, 9.17) is 5.73 Å². The highest BCUT2D eigenvalue weighted by atomic mass is 19.1. The average Bonchev–Trinajstić information content (AvgIpc) is 2.41. The molecule has 16 heavy (non-hydrogen) atoms. The number of aliphatic hydroxyl groups excluding tert-OH is 1. The van der Waals surface area contributed by atoms with E-state index in [2.05, 4.69) is 0 Å². The number of aliphatic hydroxyl groups is 1. The van der Waals surface area contributed by atoms with E-state index in [1.54, 1.807) is 0 Å². The first-order valence-corrected chi connectivity index (χ1v) is 4.66. The quantitative estimate of drug-likeness (QED) is 0.707. The first-order chi connectivity index (χ1) is 7.49. The minimum absolute atomic E-state index is 0.0221. The fraction of sp³-hybridized carbons (Fsp3) is 0.182. The first kappa shape index (κ1) is 10.8. The Balaban J connectivity index is 2.61. The molecule has 3 N–H and O–H groups in total. The Morgan fingerprint density at radius 3 is 2.81 bits per heavy atom. The number of hydrogen-bond donors (Lipinski definition) is 2. The molecule has 0 aliphatic heterocycles. The number of hydrogen-bond acceptors (Lipinski definition) is 2. The van der Waals surface area contributed by atoms with Crippen LogP contribution in [0.4, 0.5) is 8.78 Å². The number of carbonyl (C=O) groups excluding carboxylic acids is 1. The summed E-state index contributed by atoms with van der Waals surface area (Å²) >= 11 is 0. The molecule has 0 saturated heterocycles. The van der Waals surface area contributed by atoms with Crippen LogP contribution < -0.4 is 5.73 Å². The van der Waals surface area contributed by atoms with Crippen LogP contribution >= 0.6 is 0 Å². The van der Waals surface area contributed by atoms with E-state index in [-0.39, 0.29) is 17.5 Å². The summed E-state index contributed by atoms with van der Waals surface area (Å²) in [5.41, 5.74) is 5.56. The summed E-state index contributed by atoms with van der Waals surface area (Å²) in [6.45, 7) is 0. The van der Waals surface area contributed by atoms with Gasteiger partial charge >= 0.3 is 0 Å². The van der Waals surface area contributed by atoms with E-state index in [0.29, 0.717) is 11.6 Å². The summed E-state index contributed by atoms with van der Waals surface area (Å²) in [6, 6.07) is 1.79. The van der Waals surface area contributed by atoms with E-state index < -0.39 is 23.6 Å². The van der Waals surface area contributed by atoms with Crippen molar-refractivity contribution in [1.82, 2.24) is 0 Å². The van der Waals surface area contributed by atoms with Gasteiger partial charge in [-0.05, 0) is 17.2 Å². The minimum atomic E-state index is -1.05. The Bertz CT molecular complexity index is 497. The lowest BCUT2D eigenvalue weighted by atomic mass is 10.1. The predicted molar refractivity (Wildman–Crippen MR) is 53.1 cm³/mol. The lowest BCUT2D eigenvalue weighted by molar-refractivity contribution is -0.113. The van der Waals surface area contributed by atoms with E-state index in [0.717, 1.165) is 12.1 Å². The van der Waals surface area contributed by atoms with Crippen molar-refractivity contribution >= 4 is 11.5 Å². The van der Waals surface area contributed by atoms with E-state index >= 15 is 0 Å². The summed E-state index contributed by atoms with van der Waals surface area (Å²) in [4.78, 5) is 10.7. The van der Waals surface area contributed by atoms with Crippen LogP contribution in [0.1, 0.15) is 23.7 Å². The standard InChI is InChI=1S/C11H9F2NO2/c12-6-3-7-5(2-10(14)16)1-9(15)11(7)8(13)4-6/h2-4,9,15H,1H2,(H2,14,16)/b5-2+/t9-/m1/s1. The molecule has 84 valence electrons. The van der Waals surface area contributed by atoms with Crippen molar-refractivity contribution in [3.05, 3.63) is 41.0 Å². The molecule has 5 heteroatoms. The number of halogens is 2. The third-order valence-electron chi connectivity index (χ3n) is 2.50. The van der Waals surface area contributed by atoms with Gasteiger partial charge in [-0.2, -0.15) is 0 Å². The number of nitrogens with two attached hydrogens (primary N) is 1. The van der Waals surface area contributed by atoms with Crippen molar-refractivity contribution in [3.63, 3.8) is 0 Å². The van der Waals surface area contributed by atoms with Crippen molar-refractivity contribution < 1.29 is 18.7 Å². The van der Waals surface area contributed by atoms with E-state index in [1.807, 2.05) is 0 Å². The normalized spacial score (nSPS) is 21.2. The van der Waals surface area contributed by atoms with Gasteiger partial charge in [0.25, 0.3) is 0 Å². The molecule has 0 aromatic heterocycles. The maximum absolute atomic E-state index is 13.4. The zero-order valence-electron chi connectivity index (χ0n) is 8.21. The first-order valence-electron chi connectivity index (χ1n) is 4.66. The van der Waals surface area contributed by atoms with Crippen LogP contribution in [0.2, 0.25) is 0 Å². The summed E-state index contributed by atoms with van der Waals surface area (Å²) in [6.07, 6.45) is 0.0910. The number of fused-ring (bicyclic) bond motifs is 1. The summed E-state index contributed by atoms with van der Waals surface area (Å²) in [7, 11) is 0. The number of primary amides is 1. The second-order valence-corrected chi connectivity index (χ2v) is 3.64. The van der Waals surface area contributed by atoms with Crippen LogP contribution in [0.3, 0.4) is 0 Å². The zero-order chi connectivity index (χ0) is 11.9. The van der Waals surface area contributed by atoms with Gasteiger partial charge in [-0.15, -0.1) is 0 Å². The second kappa shape index (κ2) is 3.68. The molecule has 0 bridgehead atoms. The van der Waals surface area contributed by atoms with Gasteiger partial charge in [-0.25, -0.2) is 8.78 Å². The molecule has 0 fully saturated rings. The van der Waals surface area contributed by atoms with Gasteiger partial charge in [0.15, 0.2) is 0 Å². The van der Waals surface area contributed by atoms with Gasteiger partial charge in [0.05, 0.1) is 6.10 Å². The Kier molecular flexibility index (Phi) is 2.47. The molecule has 1 aromatic rings.